The predicted octanol–water partition coefficient (Wildman–Crippen LogP) is 1.57. The first-order chi connectivity index (χ1) is 4.83. The van der Waals surface area contributed by atoms with E-state index < -0.39 is 0 Å². The van der Waals surface area contributed by atoms with E-state index in [1.807, 2.05) is 20.8 Å². The van der Waals surface area contributed by atoms with Crippen LogP contribution >= 0.6 is 0 Å². The molecule has 0 unspecified atom stereocenters. The molecule has 1 N–H and O–H groups in total. The zero-order valence-electron chi connectivity index (χ0n) is 7.13. The summed E-state index contributed by atoms with van der Waals surface area (Å²) in [7, 11) is 0. The predicted molar refractivity (Wildman–Crippen MR) is 42.0 cm³/mol. The van der Waals surface area contributed by atoms with Crippen LogP contribution in [0.2, 0.25) is 0 Å². The molecule has 2 heteroatoms. The van der Waals surface area contributed by atoms with Crippen molar-refractivity contribution in [3.63, 3.8) is 0 Å². The molecule has 0 saturated carbocycles. The number of ether oxygens (including phenoxy) is 1. The van der Waals surface area contributed by atoms with Gasteiger partial charge in [0.1, 0.15) is 0 Å². The molecule has 0 spiro atoms. The van der Waals surface area contributed by atoms with E-state index >= 15 is 0 Å². The van der Waals surface area contributed by atoms with Crippen LogP contribution in [0.1, 0.15) is 33.6 Å². The molecule has 10 heavy (non-hydrogen) atoms. The van der Waals surface area contributed by atoms with E-state index in [1.165, 1.54) is 0 Å². The van der Waals surface area contributed by atoms with Gasteiger partial charge in [0.25, 0.3) is 0 Å². The maximum absolute atomic E-state index is 8.56. The Morgan fingerprint density at radius 2 is 2.00 bits per heavy atom. The van der Waals surface area contributed by atoms with E-state index in [4.69, 9.17) is 9.84 Å². The van der Waals surface area contributed by atoms with Crippen LogP contribution < -0.4 is 0 Å². The Balaban J connectivity index is 0.000000371. The lowest BCUT2D eigenvalue weighted by Crippen LogP contribution is -2.11. The normalized spacial score (nSPS) is 31.2. The number of hydrogen-bond donors (Lipinski definition) is 1. The van der Waals surface area contributed by atoms with Crippen molar-refractivity contribution in [2.45, 2.75) is 45.8 Å². The molecule has 0 bridgehead atoms. The van der Waals surface area contributed by atoms with Gasteiger partial charge >= 0.3 is 0 Å². The van der Waals surface area contributed by atoms with Crippen LogP contribution in [0.5, 0.6) is 0 Å². The fraction of sp³-hybridized carbons (Fsp3) is 1.00. The highest BCUT2D eigenvalue weighted by molar-refractivity contribution is 4.68. The zero-order chi connectivity index (χ0) is 7.98. The van der Waals surface area contributed by atoms with Crippen molar-refractivity contribution in [1.82, 2.24) is 0 Å². The summed E-state index contributed by atoms with van der Waals surface area (Å²) in [6.45, 7) is 6.22. The van der Waals surface area contributed by atoms with Gasteiger partial charge in [-0.15, -0.1) is 0 Å². The van der Waals surface area contributed by atoms with Crippen molar-refractivity contribution in [2.24, 2.45) is 0 Å². The second-order valence-electron chi connectivity index (χ2n) is 2.33. The molecule has 0 radical (unpaired) electrons. The molecule has 0 aromatic heterocycles. The Labute approximate surface area is 63.2 Å². The molecule has 0 amide bonds. The van der Waals surface area contributed by atoms with E-state index in [9.17, 15) is 0 Å². The smallest absolute Gasteiger partial charge is 0.0810 e. The van der Waals surface area contributed by atoms with Crippen molar-refractivity contribution >= 4 is 0 Å². The molecule has 2 nitrogen and oxygen atoms in total. The zero-order valence-corrected chi connectivity index (χ0v) is 7.13. The summed E-state index contributed by atoms with van der Waals surface area (Å²) in [5.41, 5.74) is 0. The Morgan fingerprint density at radius 3 is 2.20 bits per heavy atom. The van der Waals surface area contributed by atoms with Crippen LogP contribution in [0.3, 0.4) is 0 Å². The summed E-state index contributed by atoms with van der Waals surface area (Å²) in [4.78, 5) is 0. The highest BCUT2D eigenvalue weighted by Gasteiger charge is 2.19. The molecule has 0 aromatic rings. The van der Waals surface area contributed by atoms with Crippen LogP contribution in [-0.2, 0) is 4.74 Å². The second kappa shape index (κ2) is 5.69. The molecule has 1 rings (SSSR count). The van der Waals surface area contributed by atoms with Gasteiger partial charge < -0.3 is 9.84 Å². The van der Waals surface area contributed by atoms with Crippen LogP contribution in [0, 0.1) is 0 Å². The van der Waals surface area contributed by atoms with Crippen LogP contribution in [0.15, 0.2) is 0 Å². The Morgan fingerprint density at radius 1 is 1.40 bits per heavy atom. The molecule has 1 aliphatic rings. The maximum atomic E-state index is 8.56. The van der Waals surface area contributed by atoms with Gasteiger partial charge in [0.05, 0.1) is 18.8 Å². The standard InChI is InChI=1S/C6H12O2.C2H6/c1-5-2-3-6(4-7)8-5;1-2/h5-7H,2-4H2,1H3;1-2H3/t5-,6-;/m0./s1. The Hall–Kier alpha value is -0.0800. The number of rotatable bonds is 1. The average molecular weight is 146 g/mol. The summed E-state index contributed by atoms with van der Waals surface area (Å²) in [6.07, 6.45) is 2.63. The molecule has 1 aliphatic heterocycles. The molecular formula is C8H18O2. The summed E-state index contributed by atoms with van der Waals surface area (Å²) in [5, 5.41) is 8.56. The Kier molecular flexibility index (Phi) is 5.64. The second-order valence-corrected chi connectivity index (χ2v) is 2.33. The Bertz CT molecular complexity index is 73.7. The number of aliphatic hydroxyl groups excluding tert-OH is 1. The van der Waals surface area contributed by atoms with Crippen LogP contribution in [0.4, 0.5) is 0 Å². The molecule has 0 aliphatic carbocycles. The minimum absolute atomic E-state index is 0.130. The summed E-state index contributed by atoms with van der Waals surface area (Å²) < 4.78 is 5.26. The van der Waals surface area contributed by atoms with Gasteiger partial charge in [0.2, 0.25) is 0 Å². The average Bonchev–Trinajstić information content (AvgIpc) is 2.40. The molecular weight excluding hydrogens is 128 g/mol. The third kappa shape index (κ3) is 3.18. The fourth-order valence-electron chi connectivity index (χ4n) is 1.02. The number of hydrogen-bond acceptors (Lipinski definition) is 2. The van der Waals surface area contributed by atoms with E-state index in [1.54, 1.807) is 0 Å². The monoisotopic (exact) mass is 146 g/mol. The lowest BCUT2D eigenvalue weighted by atomic mass is 10.2. The van der Waals surface area contributed by atoms with Gasteiger partial charge in [0.15, 0.2) is 0 Å². The van der Waals surface area contributed by atoms with Gasteiger partial charge in [-0.2, -0.15) is 0 Å². The minimum Gasteiger partial charge on any atom is -0.394 e. The molecule has 2 atom stereocenters. The van der Waals surface area contributed by atoms with E-state index in [0.29, 0.717) is 6.10 Å². The third-order valence-electron chi connectivity index (χ3n) is 1.52. The molecule has 1 heterocycles. The van der Waals surface area contributed by atoms with Crippen molar-refractivity contribution in [2.75, 3.05) is 6.61 Å². The van der Waals surface area contributed by atoms with Gasteiger partial charge in [0, 0.05) is 0 Å². The number of aliphatic hydroxyl groups is 1. The SMILES string of the molecule is CC.C[C@H]1CC[C@@H](CO)O1. The molecule has 62 valence electrons. The van der Waals surface area contributed by atoms with Gasteiger partial charge in [-0.3, -0.25) is 0 Å². The first-order valence-electron chi connectivity index (χ1n) is 4.09. The van der Waals surface area contributed by atoms with Gasteiger partial charge in [-0.05, 0) is 19.8 Å². The summed E-state index contributed by atoms with van der Waals surface area (Å²) in [5.74, 6) is 0. The topological polar surface area (TPSA) is 29.5 Å². The van der Waals surface area contributed by atoms with E-state index in [2.05, 4.69) is 0 Å². The van der Waals surface area contributed by atoms with Crippen molar-refractivity contribution in [1.29, 1.82) is 0 Å². The van der Waals surface area contributed by atoms with E-state index in [-0.39, 0.29) is 12.7 Å². The molecule has 0 aromatic carbocycles. The highest BCUT2D eigenvalue weighted by Crippen LogP contribution is 2.17. The largest absolute Gasteiger partial charge is 0.394 e. The quantitative estimate of drug-likeness (QED) is 0.608. The van der Waals surface area contributed by atoms with Crippen LogP contribution in [-0.4, -0.2) is 23.9 Å². The first kappa shape index (κ1) is 9.92. The first-order valence-corrected chi connectivity index (χ1v) is 4.09. The lowest BCUT2D eigenvalue weighted by Gasteiger charge is -2.05. The summed E-state index contributed by atoms with van der Waals surface area (Å²) >= 11 is 0. The van der Waals surface area contributed by atoms with Crippen LogP contribution in [0.25, 0.3) is 0 Å². The lowest BCUT2D eigenvalue weighted by molar-refractivity contribution is 0.0198. The minimum atomic E-state index is 0.130. The molecule has 1 fully saturated rings. The van der Waals surface area contributed by atoms with Crippen molar-refractivity contribution in [3.8, 4) is 0 Å². The molecule has 1 saturated heterocycles. The third-order valence-corrected chi connectivity index (χ3v) is 1.52. The fourth-order valence-corrected chi connectivity index (χ4v) is 1.02. The van der Waals surface area contributed by atoms with Gasteiger partial charge in [-0.1, -0.05) is 13.8 Å². The maximum Gasteiger partial charge on any atom is 0.0810 e. The van der Waals surface area contributed by atoms with E-state index in [0.717, 1.165) is 12.8 Å². The summed E-state index contributed by atoms with van der Waals surface area (Å²) in [6, 6.07) is 0. The van der Waals surface area contributed by atoms with Gasteiger partial charge in [-0.25, -0.2) is 0 Å². The van der Waals surface area contributed by atoms with Crippen molar-refractivity contribution < 1.29 is 9.84 Å². The highest BCUT2D eigenvalue weighted by atomic mass is 16.5. The van der Waals surface area contributed by atoms with Crippen molar-refractivity contribution in [3.05, 3.63) is 0 Å².